The predicted octanol–water partition coefficient (Wildman–Crippen LogP) is 3.94. The summed E-state index contributed by atoms with van der Waals surface area (Å²) >= 11 is 1.58. The maximum absolute atomic E-state index is 12.7. The molecule has 0 spiro atoms. The number of thiophene rings is 1. The van der Waals surface area contributed by atoms with Crippen molar-refractivity contribution in [3.05, 3.63) is 45.2 Å². The lowest BCUT2D eigenvalue weighted by atomic mass is 9.89. The van der Waals surface area contributed by atoms with Gasteiger partial charge >= 0.3 is 0 Å². The average Bonchev–Trinajstić information content (AvgIpc) is 3.37. The van der Waals surface area contributed by atoms with Crippen LogP contribution in [0.15, 0.2) is 33.6 Å². The molecule has 4 rings (SSSR count). The highest BCUT2D eigenvalue weighted by Crippen LogP contribution is 2.33. The first kappa shape index (κ1) is 20.5. The molecule has 0 aromatic carbocycles. The van der Waals surface area contributed by atoms with Gasteiger partial charge < -0.3 is 9.84 Å². The Balaban J connectivity index is 1.59. The van der Waals surface area contributed by atoms with Crippen LogP contribution in [0.3, 0.4) is 0 Å². The van der Waals surface area contributed by atoms with Gasteiger partial charge in [0, 0.05) is 23.6 Å². The van der Waals surface area contributed by atoms with E-state index in [0.29, 0.717) is 29.5 Å². The molecular weight excluding hydrogens is 400 g/mol. The molecule has 3 aromatic rings. The average molecular weight is 427 g/mol. The van der Waals surface area contributed by atoms with Crippen molar-refractivity contribution in [1.29, 1.82) is 0 Å². The predicted molar refractivity (Wildman–Crippen MR) is 116 cm³/mol. The van der Waals surface area contributed by atoms with E-state index < -0.39 is 0 Å². The molecule has 0 aliphatic heterocycles. The molecule has 1 fully saturated rings. The summed E-state index contributed by atoms with van der Waals surface area (Å²) in [5.74, 6) is 0.841. The van der Waals surface area contributed by atoms with Crippen molar-refractivity contribution < 1.29 is 9.32 Å². The van der Waals surface area contributed by atoms with Crippen LogP contribution in [0, 0.1) is 19.8 Å². The molecule has 0 saturated heterocycles. The van der Waals surface area contributed by atoms with Crippen molar-refractivity contribution in [3.8, 4) is 21.9 Å². The van der Waals surface area contributed by atoms with E-state index in [9.17, 15) is 9.59 Å². The number of aryl methyl sites for hydroxylation is 2. The van der Waals surface area contributed by atoms with Crippen LogP contribution in [0.25, 0.3) is 21.9 Å². The fraction of sp³-hybridized carbons (Fsp3) is 0.455. The second-order valence-electron chi connectivity index (χ2n) is 7.95. The van der Waals surface area contributed by atoms with Gasteiger partial charge in [-0.1, -0.05) is 24.4 Å². The topological polar surface area (TPSA) is 90.0 Å². The fourth-order valence-electron chi connectivity index (χ4n) is 3.87. The number of aromatic nitrogens is 3. The Kier molecular flexibility index (Phi) is 6.13. The maximum Gasteiger partial charge on any atom is 0.268 e. The third kappa shape index (κ3) is 4.70. The molecule has 1 amide bonds. The molecule has 30 heavy (non-hydrogen) atoms. The van der Waals surface area contributed by atoms with Gasteiger partial charge in [0.15, 0.2) is 5.76 Å². The number of nitrogens with zero attached hydrogens (tertiary/aromatic N) is 3. The zero-order valence-corrected chi connectivity index (χ0v) is 18.1. The summed E-state index contributed by atoms with van der Waals surface area (Å²) in [5, 5.41) is 11.4. The lowest BCUT2D eigenvalue weighted by Gasteiger charge is -2.21. The van der Waals surface area contributed by atoms with Crippen LogP contribution < -0.4 is 10.9 Å². The third-order valence-corrected chi connectivity index (χ3v) is 6.48. The van der Waals surface area contributed by atoms with E-state index in [4.69, 9.17) is 4.52 Å². The van der Waals surface area contributed by atoms with Gasteiger partial charge in [-0.2, -0.15) is 5.10 Å². The Labute approximate surface area is 179 Å². The zero-order valence-electron chi connectivity index (χ0n) is 17.3. The second kappa shape index (κ2) is 8.95. The first-order valence-electron chi connectivity index (χ1n) is 10.4. The van der Waals surface area contributed by atoms with Crippen LogP contribution in [0.2, 0.25) is 0 Å². The molecule has 8 heteroatoms. The van der Waals surface area contributed by atoms with E-state index in [1.54, 1.807) is 17.4 Å². The van der Waals surface area contributed by atoms with E-state index in [0.717, 1.165) is 28.3 Å². The van der Waals surface area contributed by atoms with Gasteiger partial charge in [-0.05, 0) is 44.7 Å². The normalized spacial score (nSPS) is 14.7. The SMILES string of the molecule is Cc1cc(-c2cc(=O)n(CC(=O)NCC3CCCCC3)nc2-c2ccc(C)s2)on1. The fourth-order valence-corrected chi connectivity index (χ4v) is 4.73. The minimum absolute atomic E-state index is 0.0986. The van der Waals surface area contributed by atoms with Crippen LogP contribution in [-0.4, -0.2) is 27.4 Å². The Morgan fingerprint density at radius 2 is 2.03 bits per heavy atom. The second-order valence-corrected chi connectivity index (χ2v) is 9.24. The molecule has 1 aliphatic rings. The third-order valence-electron chi connectivity index (χ3n) is 5.47. The van der Waals surface area contributed by atoms with E-state index >= 15 is 0 Å². The summed E-state index contributed by atoms with van der Waals surface area (Å²) in [5.41, 5.74) is 1.58. The molecule has 1 aliphatic carbocycles. The number of hydrogen-bond acceptors (Lipinski definition) is 6. The Bertz CT molecular complexity index is 1090. The van der Waals surface area contributed by atoms with Crippen LogP contribution in [0.4, 0.5) is 0 Å². The van der Waals surface area contributed by atoms with Crippen molar-refractivity contribution in [2.45, 2.75) is 52.5 Å². The Morgan fingerprint density at radius 1 is 1.23 bits per heavy atom. The molecule has 1 saturated carbocycles. The summed E-state index contributed by atoms with van der Waals surface area (Å²) < 4.78 is 6.62. The lowest BCUT2D eigenvalue weighted by molar-refractivity contribution is -0.122. The summed E-state index contributed by atoms with van der Waals surface area (Å²) in [6.07, 6.45) is 6.06. The van der Waals surface area contributed by atoms with E-state index in [2.05, 4.69) is 15.6 Å². The molecule has 3 heterocycles. The van der Waals surface area contributed by atoms with Crippen LogP contribution in [-0.2, 0) is 11.3 Å². The van der Waals surface area contributed by atoms with Crippen molar-refractivity contribution in [2.75, 3.05) is 6.54 Å². The minimum atomic E-state index is -0.344. The van der Waals surface area contributed by atoms with Crippen LogP contribution in [0.1, 0.15) is 42.7 Å². The highest BCUT2D eigenvalue weighted by atomic mass is 32.1. The largest absolute Gasteiger partial charge is 0.356 e. The molecule has 0 radical (unpaired) electrons. The Hall–Kier alpha value is -2.74. The van der Waals surface area contributed by atoms with Crippen molar-refractivity contribution in [3.63, 3.8) is 0 Å². The molecule has 0 atom stereocenters. The van der Waals surface area contributed by atoms with Gasteiger partial charge in [-0.3, -0.25) is 9.59 Å². The summed E-state index contributed by atoms with van der Waals surface area (Å²) in [4.78, 5) is 27.2. The highest BCUT2D eigenvalue weighted by Gasteiger charge is 2.19. The first-order chi connectivity index (χ1) is 14.5. The molecule has 7 nitrogen and oxygen atoms in total. The molecule has 3 aromatic heterocycles. The van der Waals surface area contributed by atoms with Gasteiger partial charge in [-0.15, -0.1) is 11.3 Å². The monoisotopic (exact) mass is 426 g/mol. The van der Waals surface area contributed by atoms with Crippen molar-refractivity contribution >= 4 is 17.2 Å². The first-order valence-corrected chi connectivity index (χ1v) is 11.2. The molecule has 0 unspecified atom stereocenters. The lowest BCUT2D eigenvalue weighted by Crippen LogP contribution is -2.36. The van der Waals surface area contributed by atoms with Gasteiger partial charge in [-0.25, -0.2) is 4.68 Å². The van der Waals surface area contributed by atoms with E-state index in [1.165, 1.54) is 30.0 Å². The van der Waals surface area contributed by atoms with Gasteiger partial charge in [0.25, 0.3) is 5.56 Å². The summed E-state index contributed by atoms with van der Waals surface area (Å²) in [6, 6.07) is 7.23. The Morgan fingerprint density at radius 3 is 2.70 bits per heavy atom. The molecule has 158 valence electrons. The van der Waals surface area contributed by atoms with Crippen molar-refractivity contribution in [2.24, 2.45) is 5.92 Å². The highest BCUT2D eigenvalue weighted by molar-refractivity contribution is 7.15. The zero-order chi connectivity index (χ0) is 21.1. The summed E-state index contributed by atoms with van der Waals surface area (Å²) in [7, 11) is 0. The van der Waals surface area contributed by atoms with E-state index in [-0.39, 0.29) is 18.0 Å². The van der Waals surface area contributed by atoms with E-state index in [1.807, 2.05) is 26.0 Å². The van der Waals surface area contributed by atoms with Crippen LogP contribution in [0.5, 0.6) is 0 Å². The summed E-state index contributed by atoms with van der Waals surface area (Å²) in [6.45, 7) is 4.41. The number of carbonyl (C=O) groups excluding carboxylic acids is 1. The number of nitrogens with one attached hydrogen (secondary N) is 1. The quantitative estimate of drug-likeness (QED) is 0.645. The van der Waals surface area contributed by atoms with Gasteiger partial charge in [0.05, 0.1) is 16.1 Å². The number of rotatable bonds is 6. The van der Waals surface area contributed by atoms with Crippen molar-refractivity contribution in [1.82, 2.24) is 20.3 Å². The minimum Gasteiger partial charge on any atom is -0.356 e. The number of amides is 1. The molecule has 0 bridgehead atoms. The van der Waals surface area contributed by atoms with Gasteiger partial charge in [0.1, 0.15) is 12.2 Å². The number of carbonyl (C=O) groups is 1. The van der Waals surface area contributed by atoms with Gasteiger partial charge in [0.2, 0.25) is 5.91 Å². The molecule has 1 N–H and O–H groups in total. The molecular formula is C22H26N4O3S. The maximum atomic E-state index is 12.7. The van der Waals surface area contributed by atoms with Crippen LogP contribution >= 0.6 is 11.3 Å². The number of hydrogen-bond donors (Lipinski definition) is 1. The smallest absolute Gasteiger partial charge is 0.268 e. The standard InChI is InChI=1S/C22H26N4O3S/c1-14-10-18(29-25-14)17-11-21(28)26(24-22(17)19-9-8-15(2)30-19)13-20(27)23-12-16-6-4-3-5-7-16/h8-11,16H,3-7,12-13H2,1-2H3,(H,23,27).